The van der Waals surface area contributed by atoms with E-state index in [0.717, 1.165) is 38.2 Å². The van der Waals surface area contributed by atoms with Gasteiger partial charge in [-0.15, -0.1) is 0 Å². The molecule has 142 valence electrons. The molecule has 2 aromatic rings. The van der Waals surface area contributed by atoms with Crippen molar-refractivity contribution in [3.63, 3.8) is 0 Å². The summed E-state index contributed by atoms with van der Waals surface area (Å²) in [6.45, 7) is 3.52. The summed E-state index contributed by atoms with van der Waals surface area (Å²) >= 11 is 0. The summed E-state index contributed by atoms with van der Waals surface area (Å²) in [4.78, 5) is 14.6. The molecule has 0 aromatic heterocycles. The van der Waals surface area contributed by atoms with Gasteiger partial charge in [-0.05, 0) is 67.1 Å². The van der Waals surface area contributed by atoms with Crippen molar-refractivity contribution >= 4 is 5.91 Å². The number of ether oxygens (including phenoxy) is 1. The third-order valence-electron chi connectivity index (χ3n) is 5.87. The van der Waals surface area contributed by atoms with Crippen LogP contribution in [0.5, 0.6) is 5.75 Å². The third-order valence-corrected chi connectivity index (χ3v) is 5.87. The normalized spacial score (nSPS) is 21.4. The number of hydrogen-bond donors (Lipinski definition) is 1. The Hall–Kier alpha value is -2.40. The third kappa shape index (κ3) is 3.69. The van der Waals surface area contributed by atoms with Gasteiger partial charge in [0, 0.05) is 30.8 Å². The molecule has 0 unspecified atom stereocenters. The molecule has 1 N–H and O–H groups in total. The van der Waals surface area contributed by atoms with E-state index in [-0.39, 0.29) is 11.7 Å². The van der Waals surface area contributed by atoms with E-state index in [1.54, 1.807) is 7.11 Å². The lowest BCUT2D eigenvalue weighted by atomic mass is 9.85. The van der Waals surface area contributed by atoms with E-state index in [9.17, 15) is 9.18 Å². The number of nitrogens with one attached hydrogen (secondary N) is 1. The van der Waals surface area contributed by atoms with Crippen molar-refractivity contribution in [2.75, 3.05) is 33.3 Å². The lowest BCUT2D eigenvalue weighted by molar-refractivity contribution is 0.0941. The number of nitrogens with zero attached hydrogens (tertiary/aromatic N) is 1. The number of amides is 1. The number of carbonyl (C=O) groups excluding carboxylic acids is 1. The fourth-order valence-electron chi connectivity index (χ4n) is 4.58. The van der Waals surface area contributed by atoms with Crippen molar-refractivity contribution in [2.45, 2.75) is 18.8 Å². The van der Waals surface area contributed by atoms with E-state index in [1.165, 1.54) is 35.4 Å². The summed E-state index contributed by atoms with van der Waals surface area (Å²) in [6.07, 6.45) is 2.24. The lowest BCUT2D eigenvalue weighted by Crippen LogP contribution is -2.42. The Bertz CT molecular complexity index is 822. The first-order valence-electron chi connectivity index (χ1n) is 9.57. The summed E-state index contributed by atoms with van der Waals surface area (Å²) in [5, 5.41) is 2.94. The molecule has 0 saturated carbocycles. The van der Waals surface area contributed by atoms with E-state index in [4.69, 9.17) is 4.74 Å². The van der Waals surface area contributed by atoms with Crippen molar-refractivity contribution in [1.82, 2.24) is 10.2 Å². The summed E-state index contributed by atoms with van der Waals surface area (Å²) in [5.74, 6) is 1.76. The molecule has 4 nitrogen and oxygen atoms in total. The summed E-state index contributed by atoms with van der Waals surface area (Å²) in [6, 6.07) is 12.0. The number of halogens is 1. The van der Waals surface area contributed by atoms with Crippen LogP contribution in [0, 0.1) is 11.7 Å². The maximum atomic E-state index is 13.0. The first-order chi connectivity index (χ1) is 13.2. The molecule has 0 spiro atoms. The van der Waals surface area contributed by atoms with Crippen molar-refractivity contribution in [3.05, 3.63) is 65.0 Å². The van der Waals surface area contributed by atoms with E-state index in [0.29, 0.717) is 23.9 Å². The first-order valence-corrected chi connectivity index (χ1v) is 9.57. The van der Waals surface area contributed by atoms with Crippen LogP contribution in [0.25, 0.3) is 0 Å². The Morgan fingerprint density at radius 1 is 1.26 bits per heavy atom. The van der Waals surface area contributed by atoms with Gasteiger partial charge in [0.05, 0.1) is 7.11 Å². The molecular formula is C22H25FN2O2. The van der Waals surface area contributed by atoms with Crippen LogP contribution in [-0.2, 0) is 6.42 Å². The number of fused-ring (bicyclic) bond motifs is 3. The Morgan fingerprint density at radius 3 is 2.85 bits per heavy atom. The SMILES string of the molecule is COc1cccc2c1[C@@H]1CCN(CCNC(=O)c3ccc(F)cc3)C[C@H]1C2. The van der Waals surface area contributed by atoms with E-state index >= 15 is 0 Å². The number of carbonyl (C=O) groups is 1. The molecule has 1 aliphatic heterocycles. The lowest BCUT2D eigenvalue weighted by Gasteiger charge is -2.35. The van der Waals surface area contributed by atoms with Crippen molar-refractivity contribution < 1.29 is 13.9 Å². The van der Waals surface area contributed by atoms with Gasteiger partial charge in [-0.1, -0.05) is 12.1 Å². The number of benzene rings is 2. The van der Waals surface area contributed by atoms with Gasteiger partial charge in [-0.3, -0.25) is 4.79 Å². The number of hydrogen-bond acceptors (Lipinski definition) is 3. The Balaban J connectivity index is 1.30. The van der Waals surface area contributed by atoms with E-state index in [2.05, 4.69) is 28.4 Å². The number of piperidine rings is 1. The molecule has 1 heterocycles. The molecule has 4 rings (SSSR count). The molecule has 0 bridgehead atoms. The highest BCUT2D eigenvalue weighted by molar-refractivity contribution is 5.94. The molecule has 1 fully saturated rings. The van der Waals surface area contributed by atoms with Crippen LogP contribution in [0.4, 0.5) is 4.39 Å². The zero-order chi connectivity index (χ0) is 18.8. The van der Waals surface area contributed by atoms with Crippen LogP contribution < -0.4 is 10.1 Å². The highest BCUT2D eigenvalue weighted by atomic mass is 19.1. The first kappa shape index (κ1) is 18.0. The maximum absolute atomic E-state index is 13.0. The fourth-order valence-corrected chi connectivity index (χ4v) is 4.58. The second-order valence-corrected chi connectivity index (χ2v) is 7.46. The molecule has 2 aromatic carbocycles. The van der Waals surface area contributed by atoms with Crippen LogP contribution in [0.3, 0.4) is 0 Å². The summed E-state index contributed by atoms with van der Waals surface area (Å²) in [7, 11) is 1.75. The number of methoxy groups -OCH3 is 1. The van der Waals surface area contributed by atoms with Crippen LogP contribution in [0.1, 0.15) is 33.8 Å². The van der Waals surface area contributed by atoms with Crippen LogP contribution in [0.15, 0.2) is 42.5 Å². The molecule has 1 saturated heterocycles. The van der Waals surface area contributed by atoms with Crippen molar-refractivity contribution in [3.8, 4) is 5.75 Å². The van der Waals surface area contributed by atoms with Crippen LogP contribution >= 0.6 is 0 Å². The average molecular weight is 368 g/mol. The second-order valence-electron chi connectivity index (χ2n) is 7.46. The fraction of sp³-hybridized carbons (Fsp3) is 0.409. The molecule has 2 aliphatic rings. The predicted octanol–water partition coefficient (Wildman–Crippen LogP) is 3.23. The zero-order valence-corrected chi connectivity index (χ0v) is 15.6. The zero-order valence-electron chi connectivity index (χ0n) is 15.6. The minimum absolute atomic E-state index is 0.150. The molecule has 2 atom stereocenters. The molecule has 1 amide bonds. The van der Waals surface area contributed by atoms with Gasteiger partial charge in [-0.2, -0.15) is 0 Å². The van der Waals surface area contributed by atoms with E-state index in [1.807, 2.05) is 0 Å². The predicted molar refractivity (Wildman–Crippen MR) is 103 cm³/mol. The minimum atomic E-state index is -0.330. The largest absolute Gasteiger partial charge is 0.496 e. The highest BCUT2D eigenvalue weighted by Crippen LogP contribution is 2.46. The monoisotopic (exact) mass is 368 g/mol. The van der Waals surface area contributed by atoms with Gasteiger partial charge in [-0.25, -0.2) is 4.39 Å². The Labute approximate surface area is 159 Å². The molecular weight excluding hydrogens is 343 g/mol. The molecule has 0 radical (unpaired) electrons. The van der Waals surface area contributed by atoms with Crippen LogP contribution in [-0.4, -0.2) is 44.1 Å². The van der Waals surface area contributed by atoms with Crippen LogP contribution in [0.2, 0.25) is 0 Å². The minimum Gasteiger partial charge on any atom is -0.496 e. The van der Waals surface area contributed by atoms with Gasteiger partial charge in [0.15, 0.2) is 0 Å². The summed E-state index contributed by atoms with van der Waals surface area (Å²) in [5.41, 5.74) is 3.33. The average Bonchev–Trinajstić information content (AvgIpc) is 3.06. The molecule has 27 heavy (non-hydrogen) atoms. The summed E-state index contributed by atoms with van der Waals surface area (Å²) < 4.78 is 18.5. The Morgan fingerprint density at radius 2 is 2.07 bits per heavy atom. The topological polar surface area (TPSA) is 41.6 Å². The van der Waals surface area contributed by atoms with Crippen molar-refractivity contribution in [1.29, 1.82) is 0 Å². The smallest absolute Gasteiger partial charge is 0.251 e. The quantitative estimate of drug-likeness (QED) is 0.881. The van der Waals surface area contributed by atoms with Crippen molar-refractivity contribution in [2.24, 2.45) is 5.92 Å². The van der Waals surface area contributed by atoms with E-state index < -0.39 is 0 Å². The maximum Gasteiger partial charge on any atom is 0.251 e. The van der Waals surface area contributed by atoms with Gasteiger partial charge < -0.3 is 15.0 Å². The van der Waals surface area contributed by atoms with Gasteiger partial charge in [0.25, 0.3) is 5.91 Å². The molecule has 1 aliphatic carbocycles. The number of rotatable bonds is 5. The number of likely N-dealkylation sites (tertiary alicyclic amines) is 1. The highest BCUT2D eigenvalue weighted by Gasteiger charge is 2.38. The second kappa shape index (κ2) is 7.69. The molecule has 5 heteroatoms. The van der Waals surface area contributed by atoms with Gasteiger partial charge in [0.2, 0.25) is 0 Å². The van der Waals surface area contributed by atoms with Gasteiger partial charge in [0.1, 0.15) is 11.6 Å². The van der Waals surface area contributed by atoms with Gasteiger partial charge >= 0.3 is 0 Å². The Kier molecular flexibility index (Phi) is 5.12. The standard InChI is InChI=1S/C22H25FN2O2/c1-27-20-4-2-3-16-13-17-14-25(11-9-19(17)21(16)20)12-10-24-22(26)15-5-7-18(23)8-6-15/h2-8,17,19H,9-14H2,1H3,(H,24,26)/t17-,19-/m1/s1.